The summed E-state index contributed by atoms with van der Waals surface area (Å²) in [5, 5.41) is 0. The molecule has 94 valence electrons. The lowest BCUT2D eigenvalue weighted by Gasteiger charge is -2.22. The number of hydrogen-bond acceptors (Lipinski definition) is 3. The molecule has 0 saturated heterocycles. The predicted molar refractivity (Wildman–Crippen MR) is 67.1 cm³/mol. The summed E-state index contributed by atoms with van der Waals surface area (Å²) in [7, 11) is 0. The van der Waals surface area contributed by atoms with Crippen molar-refractivity contribution in [2.45, 2.75) is 64.5 Å². The Morgan fingerprint density at radius 1 is 1.38 bits per heavy atom. The molecule has 0 amide bonds. The first kappa shape index (κ1) is 15.2. The third kappa shape index (κ3) is 8.48. The number of carbonyl (C=O) groups excluding carboxylic acids is 1. The van der Waals surface area contributed by atoms with Gasteiger partial charge in [-0.15, -0.1) is 6.58 Å². The Bertz CT molecular complexity index is 218. The monoisotopic (exact) mass is 227 g/mol. The van der Waals surface area contributed by atoms with Gasteiger partial charge >= 0.3 is 5.97 Å². The van der Waals surface area contributed by atoms with E-state index in [2.05, 4.69) is 6.58 Å². The van der Waals surface area contributed by atoms with E-state index in [-0.39, 0.29) is 5.97 Å². The highest BCUT2D eigenvalue weighted by atomic mass is 16.6. The van der Waals surface area contributed by atoms with E-state index in [4.69, 9.17) is 10.5 Å². The van der Waals surface area contributed by atoms with Crippen LogP contribution < -0.4 is 5.73 Å². The van der Waals surface area contributed by atoms with Crippen LogP contribution in [0.3, 0.4) is 0 Å². The molecule has 16 heavy (non-hydrogen) atoms. The Labute approximate surface area is 99.0 Å². The Balaban J connectivity index is 3.67. The standard InChI is InChI=1S/C13H25NO2/c1-5-6-7-8-9-10-11(14)12(15)16-13(2,3)4/h5,11H,1,6-10,14H2,2-4H3/t11-/m0/s1. The van der Waals surface area contributed by atoms with Crippen LogP contribution >= 0.6 is 0 Å². The first-order chi connectivity index (χ1) is 7.37. The second-order valence-electron chi connectivity index (χ2n) is 5.07. The molecule has 0 bridgehead atoms. The highest BCUT2D eigenvalue weighted by molar-refractivity contribution is 5.75. The van der Waals surface area contributed by atoms with E-state index in [9.17, 15) is 4.79 Å². The van der Waals surface area contributed by atoms with Gasteiger partial charge in [-0.25, -0.2) is 0 Å². The second kappa shape index (κ2) is 7.44. The minimum absolute atomic E-state index is 0.295. The summed E-state index contributed by atoms with van der Waals surface area (Å²) in [6.07, 6.45) is 6.81. The second-order valence-corrected chi connectivity index (χ2v) is 5.07. The van der Waals surface area contributed by atoms with Gasteiger partial charge in [-0.3, -0.25) is 4.79 Å². The van der Waals surface area contributed by atoms with Crippen LogP contribution in [0.15, 0.2) is 12.7 Å². The molecule has 0 saturated carbocycles. The lowest BCUT2D eigenvalue weighted by atomic mass is 10.1. The van der Waals surface area contributed by atoms with E-state index in [0.29, 0.717) is 6.42 Å². The molecule has 0 spiro atoms. The van der Waals surface area contributed by atoms with Crippen LogP contribution in [0.1, 0.15) is 52.9 Å². The van der Waals surface area contributed by atoms with E-state index in [1.165, 1.54) is 0 Å². The van der Waals surface area contributed by atoms with Gasteiger partial charge in [-0.1, -0.05) is 18.9 Å². The molecule has 2 N–H and O–H groups in total. The Hall–Kier alpha value is -0.830. The highest BCUT2D eigenvalue weighted by Gasteiger charge is 2.21. The topological polar surface area (TPSA) is 52.3 Å². The largest absolute Gasteiger partial charge is 0.459 e. The lowest BCUT2D eigenvalue weighted by molar-refractivity contribution is -0.156. The summed E-state index contributed by atoms with van der Waals surface area (Å²) < 4.78 is 5.20. The van der Waals surface area contributed by atoms with Crippen LogP contribution in [0.2, 0.25) is 0 Å². The first-order valence-corrected chi connectivity index (χ1v) is 5.96. The van der Waals surface area contributed by atoms with Crippen molar-refractivity contribution >= 4 is 5.97 Å². The molecule has 0 aliphatic rings. The zero-order chi connectivity index (χ0) is 12.6. The minimum Gasteiger partial charge on any atom is -0.459 e. The van der Waals surface area contributed by atoms with Gasteiger partial charge in [0.25, 0.3) is 0 Å². The number of allylic oxidation sites excluding steroid dienone is 1. The predicted octanol–water partition coefficient (Wildman–Crippen LogP) is 2.79. The fraction of sp³-hybridized carbons (Fsp3) is 0.769. The minimum atomic E-state index is -0.483. The van der Waals surface area contributed by atoms with E-state index < -0.39 is 11.6 Å². The number of ether oxygens (including phenoxy) is 1. The molecule has 0 aliphatic heterocycles. The Kier molecular flexibility index (Phi) is 7.06. The van der Waals surface area contributed by atoms with Crippen molar-refractivity contribution in [3.05, 3.63) is 12.7 Å². The quantitative estimate of drug-likeness (QED) is 0.413. The molecule has 0 heterocycles. The Morgan fingerprint density at radius 3 is 2.50 bits per heavy atom. The van der Waals surface area contributed by atoms with Crippen molar-refractivity contribution in [3.63, 3.8) is 0 Å². The maximum Gasteiger partial charge on any atom is 0.323 e. The van der Waals surface area contributed by atoms with Gasteiger partial charge in [0.1, 0.15) is 11.6 Å². The fourth-order valence-electron chi connectivity index (χ4n) is 1.33. The average molecular weight is 227 g/mol. The van der Waals surface area contributed by atoms with E-state index >= 15 is 0 Å². The maximum atomic E-state index is 11.5. The van der Waals surface area contributed by atoms with Crippen molar-refractivity contribution in [1.29, 1.82) is 0 Å². The van der Waals surface area contributed by atoms with Gasteiger partial charge < -0.3 is 10.5 Å². The van der Waals surface area contributed by atoms with Crippen molar-refractivity contribution in [2.75, 3.05) is 0 Å². The van der Waals surface area contributed by atoms with Gasteiger partial charge in [0.05, 0.1) is 0 Å². The fourth-order valence-corrected chi connectivity index (χ4v) is 1.33. The summed E-state index contributed by atoms with van der Waals surface area (Å²) >= 11 is 0. The van der Waals surface area contributed by atoms with Crippen molar-refractivity contribution in [3.8, 4) is 0 Å². The van der Waals surface area contributed by atoms with Gasteiger partial charge in [0, 0.05) is 0 Å². The zero-order valence-corrected chi connectivity index (χ0v) is 10.8. The molecule has 0 rings (SSSR count). The summed E-state index contributed by atoms with van der Waals surface area (Å²) in [5.74, 6) is -0.295. The normalized spacial score (nSPS) is 13.2. The van der Waals surface area contributed by atoms with Crippen LogP contribution in [0, 0.1) is 0 Å². The molecule has 0 aliphatic carbocycles. The van der Waals surface area contributed by atoms with Gasteiger partial charge in [0.15, 0.2) is 0 Å². The number of hydrogen-bond donors (Lipinski definition) is 1. The van der Waals surface area contributed by atoms with Gasteiger partial charge in [0.2, 0.25) is 0 Å². The van der Waals surface area contributed by atoms with Gasteiger partial charge in [-0.2, -0.15) is 0 Å². The third-order valence-electron chi connectivity index (χ3n) is 2.13. The lowest BCUT2D eigenvalue weighted by Crippen LogP contribution is -2.37. The van der Waals surface area contributed by atoms with Crippen LogP contribution in [0.4, 0.5) is 0 Å². The van der Waals surface area contributed by atoms with Crippen molar-refractivity contribution < 1.29 is 9.53 Å². The van der Waals surface area contributed by atoms with Crippen molar-refractivity contribution in [1.82, 2.24) is 0 Å². The number of nitrogens with two attached hydrogens (primary N) is 1. The van der Waals surface area contributed by atoms with E-state index in [1.54, 1.807) is 0 Å². The molecule has 0 fully saturated rings. The average Bonchev–Trinajstić information content (AvgIpc) is 2.14. The number of rotatable bonds is 7. The molecule has 0 radical (unpaired) electrons. The smallest absolute Gasteiger partial charge is 0.323 e. The van der Waals surface area contributed by atoms with E-state index in [0.717, 1.165) is 25.7 Å². The summed E-state index contributed by atoms with van der Waals surface area (Å²) in [5.41, 5.74) is 5.30. The maximum absolute atomic E-state index is 11.5. The van der Waals surface area contributed by atoms with E-state index in [1.807, 2.05) is 26.8 Å². The molecule has 0 aromatic carbocycles. The Morgan fingerprint density at radius 2 is 2.00 bits per heavy atom. The number of carbonyl (C=O) groups is 1. The van der Waals surface area contributed by atoms with Gasteiger partial charge in [-0.05, 0) is 40.0 Å². The molecule has 0 aromatic rings. The van der Waals surface area contributed by atoms with Crippen LogP contribution in [-0.4, -0.2) is 17.6 Å². The summed E-state index contributed by atoms with van der Waals surface area (Å²) in [6, 6.07) is -0.483. The molecule has 3 heteroatoms. The highest BCUT2D eigenvalue weighted by Crippen LogP contribution is 2.11. The van der Waals surface area contributed by atoms with Crippen LogP contribution in [-0.2, 0) is 9.53 Å². The molecule has 3 nitrogen and oxygen atoms in total. The summed E-state index contributed by atoms with van der Waals surface area (Å²) in [4.78, 5) is 11.5. The molecule has 1 atom stereocenters. The molecular weight excluding hydrogens is 202 g/mol. The first-order valence-electron chi connectivity index (χ1n) is 5.96. The number of unbranched alkanes of at least 4 members (excludes halogenated alkanes) is 3. The van der Waals surface area contributed by atoms with Crippen LogP contribution in [0.25, 0.3) is 0 Å². The zero-order valence-electron chi connectivity index (χ0n) is 10.8. The molecule has 0 aromatic heterocycles. The molecule has 0 unspecified atom stereocenters. The SMILES string of the molecule is C=CCCCCC[C@H](N)C(=O)OC(C)(C)C. The van der Waals surface area contributed by atoms with Crippen LogP contribution in [0.5, 0.6) is 0 Å². The number of esters is 1. The molecular formula is C13H25NO2. The summed E-state index contributed by atoms with van der Waals surface area (Å²) in [6.45, 7) is 9.21. The van der Waals surface area contributed by atoms with Crippen molar-refractivity contribution in [2.24, 2.45) is 5.73 Å². The third-order valence-corrected chi connectivity index (χ3v) is 2.13.